The summed E-state index contributed by atoms with van der Waals surface area (Å²) in [5.41, 5.74) is 1.80. The second-order valence-corrected chi connectivity index (χ2v) is 7.80. The maximum absolute atomic E-state index is 11.9. The molecule has 0 aliphatic rings. The van der Waals surface area contributed by atoms with Crippen LogP contribution in [0, 0.1) is 0 Å². The van der Waals surface area contributed by atoms with E-state index in [9.17, 15) is 14.7 Å². The Bertz CT molecular complexity index is 1130. The van der Waals surface area contributed by atoms with Gasteiger partial charge in [-0.25, -0.2) is 14.6 Å². The van der Waals surface area contributed by atoms with Crippen molar-refractivity contribution in [3.05, 3.63) is 81.1 Å². The standard InChI is InChI=1S/C23H24N2O4S/c1-2-3-6-21-24-14-19(12-18(23(28)29)13-20-5-4-11-30-20)25(21)15-16-7-9-17(10-8-16)22(26)27/h4-5,7-12,14H,2-3,6,13,15H2,1H3,(H,26,27)(H,28,29)/b18-12-/i1D3. The van der Waals surface area contributed by atoms with Crippen LogP contribution < -0.4 is 0 Å². The highest BCUT2D eigenvalue weighted by atomic mass is 32.1. The van der Waals surface area contributed by atoms with Crippen LogP contribution in [0.25, 0.3) is 6.08 Å². The van der Waals surface area contributed by atoms with Gasteiger partial charge in [-0.2, -0.15) is 0 Å². The van der Waals surface area contributed by atoms with E-state index in [0.717, 1.165) is 10.4 Å². The zero-order chi connectivity index (χ0) is 24.0. The molecular formula is C23H24N2O4S. The van der Waals surface area contributed by atoms with Gasteiger partial charge in [-0.1, -0.05) is 31.5 Å². The molecule has 6 nitrogen and oxygen atoms in total. The molecule has 3 aromatic rings. The number of aliphatic carboxylic acids is 1. The molecular weight excluding hydrogens is 400 g/mol. The van der Waals surface area contributed by atoms with Gasteiger partial charge in [-0.05, 0) is 41.6 Å². The Morgan fingerprint density at radius 3 is 2.67 bits per heavy atom. The van der Waals surface area contributed by atoms with Crippen LogP contribution in [0.2, 0.25) is 0 Å². The molecule has 0 radical (unpaired) electrons. The Balaban J connectivity index is 1.92. The summed E-state index contributed by atoms with van der Waals surface area (Å²) >= 11 is 1.48. The zero-order valence-corrected chi connectivity index (χ0v) is 17.1. The van der Waals surface area contributed by atoms with Gasteiger partial charge >= 0.3 is 11.9 Å². The monoisotopic (exact) mass is 427 g/mol. The maximum atomic E-state index is 11.9. The average molecular weight is 428 g/mol. The van der Waals surface area contributed by atoms with E-state index in [4.69, 9.17) is 9.22 Å². The number of aromatic carboxylic acids is 1. The number of carbonyl (C=O) groups is 2. The van der Waals surface area contributed by atoms with Crippen molar-refractivity contribution in [3.8, 4) is 0 Å². The van der Waals surface area contributed by atoms with Gasteiger partial charge in [-0.15, -0.1) is 11.3 Å². The molecule has 0 atom stereocenters. The van der Waals surface area contributed by atoms with Gasteiger partial charge in [0.25, 0.3) is 0 Å². The van der Waals surface area contributed by atoms with E-state index in [1.807, 2.05) is 22.1 Å². The van der Waals surface area contributed by atoms with Crippen molar-refractivity contribution in [3.63, 3.8) is 0 Å². The lowest BCUT2D eigenvalue weighted by molar-refractivity contribution is -0.132. The van der Waals surface area contributed by atoms with Gasteiger partial charge in [0.15, 0.2) is 0 Å². The van der Waals surface area contributed by atoms with E-state index in [2.05, 4.69) is 4.98 Å². The lowest BCUT2D eigenvalue weighted by atomic mass is 10.1. The molecule has 2 heterocycles. The molecule has 2 aromatic heterocycles. The maximum Gasteiger partial charge on any atom is 0.335 e. The highest BCUT2D eigenvalue weighted by Gasteiger charge is 2.14. The first kappa shape index (κ1) is 17.7. The number of carboxylic acids is 2. The molecule has 3 rings (SSSR count). The molecule has 1 aromatic carbocycles. The molecule has 7 heteroatoms. The van der Waals surface area contributed by atoms with Crippen LogP contribution in [0.4, 0.5) is 0 Å². The molecule has 0 aliphatic heterocycles. The molecule has 0 fully saturated rings. The van der Waals surface area contributed by atoms with Crippen LogP contribution in [-0.4, -0.2) is 31.7 Å². The van der Waals surface area contributed by atoms with Gasteiger partial charge in [0.05, 0.1) is 17.5 Å². The molecule has 2 N–H and O–H groups in total. The molecule has 0 bridgehead atoms. The third kappa shape index (κ3) is 5.45. The Morgan fingerprint density at radius 1 is 1.23 bits per heavy atom. The van der Waals surface area contributed by atoms with Crippen molar-refractivity contribution >= 4 is 29.4 Å². The predicted molar refractivity (Wildman–Crippen MR) is 117 cm³/mol. The summed E-state index contributed by atoms with van der Waals surface area (Å²) in [7, 11) is 0. The number of imidazole rings is 1. The quantitative estimate of drug-likeness (QED) is 0.456. The minimum Gasteiger partial charge on any atom is -0.478 e. The van der Waals surface area contributed by atoms with Crippen molar-refractivity contribution in [1.29, 1.82) is 0 Å². The normalized spacial score (nSPS) is 13.5. The van der Waals surface area contributed by atoms with Crippen molar-refractivity contribution in [2.24, 2.45) is 0 Å². The van der Waals surface area contributed by atoms with Crippen LogP contribution in [-0.2, 0) is 24.2 Å². The molecule has 0 aliphatic carbocycles. The summed E-state index contributed by atoms with van der Waals surface area (Å²) in [6.45, 7) is -1.68. The Hall–Kier alpha value is -3.19. The first-order chi connectivity index (χ1) is 15.6. The summed E-state index contributed by atoms with van der Waals surface area (Å²) in [6.07, 6.45) is 4.35. The molecule has 30 heavy (non-hydrogen) atoms. The van der Waals surface area contributed by atoms with Crippen LogP contribution in [0.1, 0.15) is 56.1 Å². The number of hydrogen-bond acceptors (Lipinski definition) is 4. The van der Waals surface area contributed by atoms with Crippen molar-refractivity contribution < 1.29 is 23.9 Å². The second kappa shape index (κ2) is 10.0. The first-order valence-corrected chi connectivity index (χ1v) is 10.3. The summed E-state index contributed by atoms with van der Waals surface area (Å²) in [5.74, 6) is -1.39. The number of nitrogens with zero attached hydrogens (tertiary/aromatic N) is 2. The first-order valence-electron chi connectivity index (χ1n) is 11.0. The summed E-state index contributed by atoms with van der Waals surface area (Å²) in [5, 5.41) is 20.7. The number of aryl methyl sites for hydroxylation is 1. The molecule has 0 saturated heterocycles. The topological polar surface area (TPSA) is 92.4 Å². The van der Waals surface area contributed by atoms with Crippen molar-refractivity contribution in [1.82, 2.24) is 9.55 Å². The summed E-state index contributed by atoms with van der Waals surface area (Å²) < 4.78 is 24.1. The molecule has 0 amide bonds. The average Bonchev–Trinajstić information content (AvgIpc) is 3.38. The Labute approximate surface area is 183 Å². The highest BCUT2D eigenvalue weighted by molar-refractivity contribution is 7.09. The lowest BCUT2D eigenvalue weighted by Gasteiger charge is -2.12. The minimum absolute atomic E-state index is 0.0527. The van der Waals surface area contributed by atoms with E-state index in [-0.39, 0.29) is 24.0 Å². The Kier molecular flexibility index (Phi) is 5.90. The number of rotatable bonds is 10. The van der Waals surface area contributed by atoms with Crippen LogP contribution in [0.15, 0.2) is 53.5 Å². The van der Waals surface area contributed by atoms with Crippen LogP contribution in [0.5, 0.6) is 0 Å². The van der Waals surface area contributed by atoms with Gasteiger partial charge in [0.2, 0.25) is 0 Å². The van der Waals surface area contributed by atoms with Crippen molar-refractivity contribution in [2.45, 2.75) is 39.1 Å². The number of benzene rings is 1. The van der Waals surface area contributed by atoms with Crippen LogP contribution in [0.3, 0.4) is 0 Å². The number of carboxylic acid groups (broad SMARTS) is 2. The summed E-state index contributed by atoms with van der Waals surface area (Å²) in [6, 6.07) is 10.2. The van der Waals surface area contributed by atoms with E-state index in [1.165, 1.54) is 23.5 Å². The van der Waals surface area contributed by atoms with Gasteiger partial charge in [0, 0.05) is 33.9 Å². The highest BCUT2D eigenvalue weighted by Crippen LogP contribution is 2.20. The Morgan fingerprint density at radius 2 is 2.03 bits per heavy atom. The summed E-state index contributed by atoms with van der Waals surface area (Å²) in [4.78, 5) is 28.4. The van der Waals surface area contributed by atoms with Gasteiger partial charge in [0.1, 0.15) is 5.82 Å². The number of thiophene rings is 1. The van der Waals surface area contributed by atoms with E-state index >= 15 is 0 Å². The SMILES string of the molecule is [2H]C([2H])([2H])CCCc1ncc(/C=C(/Cc2cccs2)C(=O)O)n1Cc1ccc(C(=O)O)cc1. The van der Waals surface area contributed by atoms with Gasteiger partial charge in [-0.3, -0.25) is 0 Å². The van der Waals surface area contributed by atoms with E-state index in [0.29, 0.717) is 30.9 Å². The van der Waals surface area contributed by atoms with Crippen LogP contribution >= 0.6 is 11.3 Å². The fourth-order valence-electron chi connectivity index (χ4n) is 3.08. The number of hydrogen-bond donors (Lipinski definition) is 2. The smallest absolute Gasteiger partial charge is 0.335 e. The fourth-order valence-corrected chi connectivity index (χ4v) is 3.80. The third-order valence-electron chi connectivity index (χ3n) is 4.63. The van der Waals surface area contributed by atoms with Gasteiger partial charge < -0.3 is 14.8 Å². The largest absolute Gasteiger partial charge is 0.478 e. The molecule has 0 unspecified atom stereocenters. The fraction of sp³-hybridized carbons (Fsp3) is 0.261. The zero-order valence-electron chi connectivity index (χ0n) is 19.2. The number of aromatic nitrogens is 2. The van der Waals surface area contributed by atoms with E-state index in [1.54, 1.807) is 24.4 Å². The third-order valence-corrected chi connectivity index (χ3v) is 5.51. The van der Waals surface area contributed by atoms with Crippen molar-refractivity contribution in [2.75, 3.05) is 0 Å². The molecule has 0 spiro atoms. The molecule has 0 saturated carbocycles. The second-order valence-electron chi connectivity index (χ2n) is 6.77. The predicted octanol–water partition coefficient (Wildman–Crippen LogP) is 4.74. The minimum atomic E-state index is -2.02. The molecule has 156 valence electrons. The lowest BCUT2D eigenvalue weighted by Crippen LogP contribution is -2.09. The van der Waals surface area contributed by atoms with E-state index < -0.39 is 18.8 Å².